The van der Waals surface area contributed by atoms with E-state index in [1.165, 1.54) is 13.0 Å². The monoisotopic (exact) mass is 253 g/mol. The van der Waals surface area contributed by atoms with Gasteiger partial charge in [0.05, 0.1) is 0 Å². The Hall–Kier alpha value is -1.81. The fourth-order valence-corrected chi connectivity index (χ4v) is 1.46. The number of anilines is 1. The van der Waals surface area contributed by atoms with Gasteiger partial charge < -0.3 is 10.4 Å². The summed E-state index contributed by atoms with van der Waals surface area (Å²) >= 11 is 5.94. The third-order valence-corrected chi connectivity index (χ3v) is 2.45. The third-order valence-electron chi connectivity index (χ3n) is 2.05. The fourth-order valence-electron chi connectivity index (χ4n) is 1.30. The zero-order valence-electron chi connectivity index (χ0n) is 9.45. The molecule has 0 aliphatic carbocycles. The van der Waals surface area contributed by atoms with E-state index in [0.717, 1.165) is 11.6 Å². The zero-order valence-corrected chi connectivity index (χ0v) is 10.2. The molecule has 1 aromatic rings. The Balaban J connectivity index is 3.20. The van der Waals surface area contributed by atoms with Gasteiger partial charge in [-0.05, 0) is 36.3 Å². The Bertz CT molecular complexity index is 495. The number of nitrogens with one attached hydrogen (secondary N) is 1. The molecule has 0 aromatic heterocycles. The predicted molar refractivity (Wildman–Crippen MR) is 67.2 cm³/mol. The molecule has 0 aliphatic heterocycles. The maximum atomic E-state index is 11.0. The summed E-state index contributed by atoms with van der Waals surface area (Å²) in [5.41, 5.74) is 1.90. The number of aryl methyl sites for hydroxylation is 1. The van der Waals surface area contributed by atoms with Crippen molar-refractivity contribution in [3.8, 4) is 0 Å². The lowest BCUT2D eigenvalue weighted by atomic mass is 10.1. The van der Waals surface area contributed by atoms with Gasteiger partial charge in [0.1, 0.15) is 0 Å². The number of rotatable bonds is 3. The normalized spacial score (nSPS) is 10.5. The summed E-state index contributed by atoms with van der Waals surface area (Å²) in [5.74, 6) is -1.29. The summed E-state index contributed by atoms with van der Waals surface area (Å²) in [4.78, 5) is 21.5. The Morgan fingerprint density at radius 3 is 2.59 bits per heavy atom. The highest BCUT2D eigenvalue weighted by atomic mass is 35.5. The minimum absolute atomic E-state index is 0.241. The van der Waals surface area contributed by atoms with Gasteiger partial charge in [-0.3, -0.25) is 4.79 Å². The smallest absolute Gasteiger partial charge is 0.328 e. The van der Waals surface area contributed by atoms with Gasteiger partial charge in [0.15, 0.2) is 0 Å². The molecule has 1 amide bonds. The van der Waals surface area contributed by atoms with Crippen LogP contribution >= 0.6 is 11.6 Å². The summed E-state index contributed by atoms with van der Waals surface area (Å²) < 4.78 is 0. The topological polar surface area (TPSA) is 66.4 Å². The lowest BCUT2D eigenvalue weighted by Crippen LogP contribution is -2.07. The van der Waals surface area contributed by atoms with Crippen molar-refractivity contribution in [3.05, 3.63) is 34.4 Å². The van der Waals surface area contributed by atoms with Crippen LogP contribution in [0.2, 0.25) is 5.02 Å². The quantitative estimate of drug-likeness (QED) is 0.814. The number of carbonyl (C=O) groups is 2. The average molecular weight is 254 g/mol. The molecule has 0 unspecified atom stereocenters. The van der Waals surface area contributed by atoms with Crippen molar-refractivity contribution in [2.24, 2.45) is 0 Å². The van der Waals surface area contributed by atoms with Crippen LogP contribution in [0.3, 0.4) is 0 Å². The molecule has 4 nitrogen and oxygen atoms in total. The van der Waals surface area contributed by atoms with E-state index in [4.69, 9.17) is 16.7 Å². The van der Waals surface area contributed by atoms with Crippen molar-refractivity contribution in [1.82, 2.24) is 0 Å². The molecule has 0 radical (unpaired) electrons. The number of aliphatic carboxylic acids is 1. The van der Waals surface area contributed by atoms with Crippen molar-refractivity contribution in [2.75, 3.05) is 5.32 Å². The Morgan fingerprint density at radius 2 is 2.06 bits per heavy atom. The van der Waals surface area contributed by atoms with Crippen LogP contribution in [-0.4, -0.2) is 17.0 Å². The van der Waals surface area contributed by atoms with Gasteiger partial charge >= 0.3 is 5.97 Å². The maximum absolute atomic E-state index is 11.0. The van der Waals surface area contributed by atoms with Gasteiger partial charge in [0.25, 0.3) is 0 Å². The summed E-state index contributed by atoms with van der Waals surface area (Å²) in [6, 6.07) is 3.31. The molecule has 1 rings (SSSR count). The lowest BCUT2D eigenvalue weighted by Gasteiger charge is -2.09. The molecule has 1 aromatic carbocycles. The summed E-state index contributed by atoms with van der Waals surface area (Å²) in [6.45, 7) is 3.18. The molecule has 0 saturated carbocycles. The van der Waals surface area contributed by atoms with Crippen LogP contribution < -0.4 is 5.32 Å². The van der Waals surface area contributed by atoms with Crippen LogP contribution in [0.4, 0.5) is 5.69 Å². The molecule has 90 valence electrons. The van der Waals surface area contributed by atoms with E-state index >= 15 is 0 Å². The minimum atomic E-state index is -1.05. The second-order valence-corrected chi connectivity index (χ2v) is 3.95. The Kier molecular flexibility index (Phi) is 4.29. The molecule has 0 fully saturated rings. The third kappa shape index (κ3) is 3.92. The highest BCUT2D eigenvalue weighted by molar-refractivity contribution is 6.31. The van der Waals surface area contributed by atoms with E-state index in [0.29, 0.717) is 16.3 Å². The number of carbonyl (C=O) groups excluding carboxylic acids is 1. The standard InChI is InChI=1S/C12H12ClNO3/c1-7-5-9(3-4-12(16)17)11(6-10(7)13)14-8(2)15/h3-6H,1-2H3,(H,14,15)(H,16,17)/b4-3+. The molecule has 0 bridgehead atoms. The summed E-state index contributed by atoms with van der Waals surface area (Å²) in [6.07, 6.45) is 2.42. The highest BCUT2D eigenvalue weighted by Gasteiger charge is 2.06. The number of hydrogen-bond acceptors (Lipinski definition) is 2. The van der Waals surface area contributed by atoms with Gasteiger partial charge in [0, 0.05) is 23.7 Å². The number of hydrogen-bond donors (Lipinski definition) is 2. The van der Waals surface area contributed by atoms with E-state index in [1.807, 2.05) is 0 Å². The number of carboxylic acid groups (broad SMARTS) is 1. The fraction of sp³-hybridized carbons (Fsp3) is 0.167. The summed E-state index contributed by atoms with van der Waals surface area (Å²) in [7, 11) is 0. The van der Waals surface area contributed by atoms with Gasteiger partial charge in [-0.25, -0.2) is 4.79 Å². The minimum Gasteiger partial charge on any atom is -0.478 e. The van der Waals surface area contributed by atoms with Gasteiger partial charge in [0.2, 0.25) is 5.91 Å². The molecule has 0 heterocycles. The first kappa shape index (κ1) is 13.3. The van der Waals surface area contributed by atoms with E-state index in [1.54, 1.807) is 19.1 Å². The Morgan fingerprint density at radius 1 is 1.41 bits per heavy atom. The highest BCUT2D eigenvalue weighted by Crippen LogP contribution is 2.26. The van der Waals surface area contributed by atoms with Crippen molar-refractivity contribution < 1.29 is 14.7 Å². The maximum Gasteiger partial charge on any atom is 0.328 e. The van der Waals surface area contributed by atoms with E-state index in [-0.39, 0.29) is 5.91 Å². The van der Waals surface area contributed by atoms with Crippen LogP contribution in [0.15, 0.2) is 18.2 Å². The first-order chi connectivity index (χ1) is 7.90. The van der Waals surface area contributed by atoms with E-state index in [2.05, 4.69) is 5.32 Å². The number of carboxylic acids is 1. The molecular weight excluding hydrogens is 242 g/mol. The SMILES string of the molecule is CC(=O)Nc1cc(Cl)c(C)cc1/C=C/C(=O)O. The van der Waals surface area contributed by atoms with Crippen LogP contribution in [-0.2, 0) is 9.59 Å². The molecule has 0 atom stereocenters. The molecule has 0 aliphatic rings. The van der Waals surface area contributed by atoms with Gasteiger partial charge in [-0.2, -0.15) is 0 Å². The van der Waals surface area contributed by atoms with Crippen LogP contribution in [0.1, 0.15) is 18.1 Å². The predicted octanol–water partition coefficient (Wildman–Crippen LogP) is 2.70. The number of benzene rings is 1. The molecule has 2 N–H and O–H groups in total. The largest absolute Gasteiger partial charge is 0.478 e. The second kappa shape index (κ2) is 5.50. The summed E-state index contributed by atoms with van der Waals surface area (Å²) in [5, 5.41) is 11.7. The van der Waals surface area contributed by atoms with Gasteiger partial charge in [-0.15, -0.1) is 0 Å². The molecule has 5 heteroatoms. The number of halogens is 1. The number of amides is 1. The molecule has 17 heavy (non-hydrogen) atoms. The molecule has 0 saturated heterocycles. The Labute approximate surface area is 104 Å². The van der Waals surface area contributed by atoms with Crippen molar-refractivity contribution >= 4 is 35.2 Å². The first-order valence-corrected chi connectivity index (χ1v) is 5.26. The van der Waals surface area contributed by atoms with E-state index < -0.39 is 5.97 Å². The first-order valence-electron chi connectivity index (χ1n) is 4.89. The van der Waals surface area contributed by atoms with Crippen LogP contribution in [0, 0.1) is 6.92 Å². The average Bonchev–Trinajstić information content (AvgIpc) is 2.20. The van der Waals surface area contributed by atoms with Crippen molar-refractivity contribution in [3.63, 3.8) is 0 Å². The van der Waals surface area contributed by atoms with Gasteiger partial charge in [-0.1, -0.05) is 11.6 Å². The zero-order chi connectivity index (χ0) is 13.0. The van der Waals surface area contributed by atoms with Crippen LogP contribution in [0.5, 0.6) is 0 Å². The van der Waals surface area contributed by atoms with Crippen molar-refractivity contribution in [2.45, 2.75) is 13.8 Å². The van der Waals surface area contributed by atoms with Crippen molar-refractivity contribution in [1.29, 1.82) is 0 Å². The second-order valence-electron chi connectivity index (χ2n) is 3.54. The lowest BCUT2D eigenvalue weighted by molar-refractivity contribution is -0.131. The molecular formula is C12H12ClNO3. The molecule has 0 spiro atoms. The van der Waals surface area contributed by atoms with Crippen LogP contribution in [0.25, 0.3) is 6.08 Å². The van der Waals surface area contributed by atoms with E-state index in [9.17, 15) is 9.59 Å².